The van der Waals surface area contributed by atoms with Gasteiger partial charge in [0.15, 0.2) is 5.84 Å². The number of nitrogens with two attached hydrogens (primary N) is 1. The molecule has 0 saturated carbocycles. The molecule has 0 bridgehead atoms. The van der Waals surface area contributed by atoms with Gasteiger partial charge < -0.3 is 10.9 Å². The normalized spacial score (nSPS) is 20.9. The van der Waals surface area contributed by atoms with Crippen LogP contribution in [0.2, 0.25) is 0 Å². The Balaban J connectivity index is 2.66. The summed E-state index contributed by atoms with van der Waals surface area (Å²) < 4.78 is 28.2. The van der Waals surface area contributed by atoms with E-state index < -0.39 is 10.2 Å². The number of nitrogens with one attached hydrogen (secondary N) is 1. The summed E-state index contributed by atoms with van der Waals surface area (Å²) in [4.78, 5) is 2.07. The summed E-state index contributed by atoms with van der Waals surface area (Å²) in [7, 11) is -3.42. The molecule has 1 atom stereocenters. The molecule has 0 spiro atoms. The van der Waals surface area contributed by atoms with E-state index in [0.717, 1.165) is 12.8 Å². The number of nitrogens with zero attached hydrogens (tertiary/aromatic N) is 3. The second-order valence-corrected chi connectivity index (χ2v) is 7.24. The van der Waals surface area contributed by atoms with E-state index in [1.54, 1.807) is 13.8 Å². The fraction of sp³-hybridized carbons (Fsp3) is 0.917. The molecule has 1 unspecified atom stereocenters. The van der Waals surface area contributed by atoms with Crippen LogP contribution in [0.3, 0.4) is 0 Å². The molecule has 21 heavy (non-hydrogen) atoms. The van der Waals surface area contributed by atoms with Crippen LogP contribution in [-0.4, -0.2) is 66.9 Å². The summed E-state index contributed by atoms with van der Waals surface area (Å²) in [6.07, 6.45) is 1.70. The third-order valence-corrected chi connectivity index (χ3v) is 5.27. The van der Waals surface area contributed by atoms with Crippen LogP contribution >= 0.6 is 0 Å². The van der Waals surface area contributed by atoms with Gasteiger partial charge in [0.1, 0.15) is 0 Å². The summed E-state index contributed by atoms with van der Waals surface area (Å²) in [5.41, 5.74) is 5.73. The smallest absolute Gasteiger partial charge is 0.279 e. The van der Waals surface area contributed by atoms with E-state index in [4.69, 9.17) is 10.9 Å². The lowest BCUT2D eigenvalue weighted by Crippen LogP contribution is -2.57. The zero-order valence-corrected chi connectivity index (χ0v) is 13.8. The summed E-state index contributed by atoms with van der Waals surface area (Å²) >= 11 is 0. The van der Waals surface area contributed by atoms with Crippen molar-refractivity contribution >= 4 is 16.0 Å². The number of hydrogen-bond acceptors (Lipinski definition) is 5. The Morgan fingerprint density at radius 3 is 2.33 bits per heavy atom. The van der Waals surface area contributed by atoms with Crippen LogP contribution in [-0.2, 0) is 10.2 Å². The Hall–Kier alpha value is -0.900. The predicted molar refractivity (Wildman–Crippen MR) is 82.4 cm³/mol. The van der Waals surface area contributed by atoms with Crippen molar-refractivity contribution in [1.82, 2.24) is 13.9 Å². The molecular weight excluding hydrogens is 294 g/mol. The minimum Gasteiger partial charge on any atom is -0.409 e. The van der Waals surface area contributed by atoms with Gasteiger partial charge >= 0.3 is 0 Å². The second kappa shape index (κ2) is 7.92. The van der Waals surface area contributed by atoms with Crippen molar-refractivity contribution in [3.05, 3.63) is 0 Å². The average Bonchev–Trinajstić information content (AvgIpc) is 2.43. The molecule has 0 radical (unpaired) electrons. The molecule has 9 heteroatoms. The predicted octanol–water partition coefficient (Wildman–Crippen LogP) is -0.238. The average molecular weight is 321 g/mol. The van der Waals surface area contributed by atoms with Gasteiger partial charge in [-0.3, -0.25) is 4.90 Å². The molecule has 0 amide bonds. The van der Waals surface area contributed by atoms with Crippen molar-refractivity contribution in [2.45, 2.75) is 45.7 Å². The monoisotopic (exact) mass is 321 g/mol. The standard InChI is InChI=1S/C12H27N5O3S/c1-4-5-11(12(13)14-18)16-6-8-17(9-7-16)21(19,20)15-10(2)3/h10-11,15,18H,4-9H2,1-3H3,(H2,13,14). The van der Waals surface area contributed by atoms with Crippen LogP contribution in [0.15, 0.2) is 5.16 Å². The third kappa shape index (κ3) is 5.10. The molecule has 0 aromatic carbocycles. The van der Waals surface area contributed by atoms with Gasteiger partial charge in [-0.05, 0) is 20.3 Å². The minimum atomic E-state index is -3.42. The zero-order chi connectivity index (χ0) is 16.0. The fourth-order valence-electron chi connectivity index (χ4n) is 2.49. The quantitative estimate of drug-likeness (QED) is 0.259. The van der Waals surface area contributed by atoms with Crippen molar-refractivity contribution in [3.63, 3.8) is 0 Å². The molecule has 124 valence electrons. The lowest BCUT2D eigenvalue weighted by Gasteiger charge is -2.38. The summed E-state index contributed by atoms with van der Waals surface area (Å²) in [6.45, 7) is 7.57. The number of hydrogen-bond donors (Lipinski definition) is 3. The van der Waals surface area contributed by atoms with E-state index >= 15 is 0 Å². The van der Waals surface area contributed by atoms with Crippen LogP contribution in [0, 0.1) is 0 Å². The van der Waals surface area contributed by atoms with Crippen molar-refractivity contribution in [2.75, 3.05) is 26.2 Å². The Labute approximate surface area is 127 Å². The molecule has 1 aliphatic heterocycles. The molecule has 8 nitrogen and oxygen atoms in total. The highest BCUT2D eigenvalue weighted by Crippen LogP contribution is 2.13. The summed E-state index contributed by atoms with van der Waals surface area (Å²) in [6, 6.07) is -0.263. The first-order valence-electron chi connectivity index (χ1n) is 7.30. The van der Waals surface area contributed by atoms with E-state index in [1.807, 2.05) is 6.92 Å². The number of oxime groups is 1. The maximum absolute atomic E-state index is 12.1. The highest BCUT2D eigenvalue weighted by molar-refractivity contribution is 7.87. The number of amidine groups is 1. The minimum absolute atomic E-state index is 0.127. The van der Waals surface area contributed by atoms with Gasteiger partial charge in [0.25, 0.3) is 10.2 Å². The summed E-state index contributed by atoms with van der Waals surface area (Å²) in [5.74, 6) is 0.188. The van der Waals surface area contributed by atoms with E-state index in [0.29, 0.717) is 26.2 Å². The highest BCUT2D eigenvalue weighted by atomic mass is 32.2. The molecule has 1 saturated heterocycles. The first kappa shape index (κ1) is 18.1. The Bertz CT molecular complexity index is 444. The van der Waals surface area contributed by atoms with Crippen LogP contribution < -0.4 is 10.5 Å². The largest absolute Gasteiger partial charge is 0.409 e. The Morgan fingerprint density at radius 2 is 1.90 bits per heavy atom. The lowest BCUT2D eigenvalue weighted by atomic mass is 10.1. The van der Waals surface area contributed by atoms with Crippen LogP contribution in [0.1, 0.15) is 33.6 Å². The molecule has 0 aliphatic carbocycles. The van der Waals surface area contributed by atoms with Gasteiger partial charge in [-0.2, -0.15) is 17.4 Å². The third-order valence-electron chi connectivity index (χ3n) is 3.46. The van der Waals surface area contributed by atoms with Gasteiger partial charge in [0.2, 0.25) is 0 Å². The van der Waals surface area contributed by atoms with Crippen molar-refractivity contribution in [2.24, 2.45) is 10.9 Å². The van der Waals surface area contributed by atoms with Crippen LogP contribution in [0.4, 0.5) is 0 Å². The molecular formula is C12H27N5O3S. The van der Waals surface area contributed by atoms with E-state index in [-0.39, 0.29) is 17.9 Å². The molecule has 0 aromatic rings. The second-order valence-electron chi connectivity index (χ2n) is 5.54. The Kier molecular flexibility index (Phi) is 6.85. The van der Waals surface area contributed by atoms with Crippen molar-refractivity contribution < 1.29 is 13.6 Å². The molecule has 4 N–H and O–H groups in total. The van der Waals surface area contributed by atoms with Crippen LogP contribution in [0.25, 0.3) is 0 Å². The van der Waals surface area contributed by atoms with Gasteiger partial charge in [-0.1, -0.05) is 18.5 Å². The van der Waals surface area contributed by atoms with E-state index in [1.165, 1.54) is 4.31 Å². The molecule has 0 aromatic heterocycles. The molecule has 1 aliphatic rings. The molecule has 1 heterocycles. The van der Waals surface area contributed by atoms with Crippen LogP contribution in [0.5, 0.6) is 0 Å². The highest BCUT2D eigenvalue weighted by Gasteiger charge is 2.31. The zero-order valence-electron chi connectivity index (χ0n) is 13.0. The topological polar surface area (TPSA) is 111 Å². The lowest BCUT2D eigenvalue weighted by molar-refractivity contribution is 0.157. The maximum atomic E-state index is 12.1. The maximum Gasteiger partial charge on any atom is 0.279 e. The van der Waals surface area contributed by atoms with Gasteiger partial charge in [-0.15, -0.1) is 0 Å². The Morgan fingerprint density at radius 1 is 1.33 bits per heavy atom. The van der Waals surface area contributed by atoms with Gasteiger partial charge in [0.05, 0.1) is 6.04 Å². The molecule has 1 rings (SSSR count). The van der Waals surface area contributed by atoms with E-state index in [2.05, 4.69) is 14.8 Å². The molecule has 1 fully saturated rings. The number of piperazine rings is 1. The van der Waals surface area contributed by atoms with E-state index in [9.17, 15) is 8.42 Å². The van der Waals surface area contributed by atoms with Gasteiger partial charge in [0, 0.05) is 32.2 Å². The van der Waals surface area contributed by atoms with Crippen molar-refractivity contribution in [3.8, 4) is 0 Å². The van der Waals surface area contributed by atoms with Crippen molar-refractivity contribution in [1.29, 1.82) is 0 Å². The van der Waals surface area contributed by atoms with Gasteiger partial charge in [-0.25, -0.2) is 0 Å². The summed E-state index contributed by atoms with van der Waals surface area (Å²) in [5, 5.41) is 12.0. The first-order chi connectivity index (χ1) is 9.81. The fourth-order valence-corrected chi connectivity index (χ4v) is 3.87. The SMILES string of the molecule is CCCC(C(N)=NO)N1CCN(S(=O)(=O)NC(C)C)CC1. The first-order valence-corrected chi connectivity index (χ1v) is 8.74. The number of rotatable bonds is 7.